The van der Waals surface area contributed by atoms with Crippen molar-refractivity contribution in [3.63, 3.8) is 0 Å². The Morgan fingerprint density at radius 3 is 2.55 bits per heavy atom. The number of amides is 1. The van der Waals surface area contributed by atoms with Crippen molar-refractivity contribution in [3.05, 3.63) is 117 Å². The van der Waals surface area contributed by atoms with Crippen LogP contribution in [-0.4, -0.2) is 23.2 Å². The van der Waals surface area contributed by atoms with Gasteiger partial charge in [-0.15, -0.1) is 0 Å². The molecule has 3 aromatic carbocycles. The lowest BCUT2D eigenvalue weighted by atomic mass is 9.95. The standard InChI is InChI=1S/C32H29BrIN3O4S/c1-5-40-24-13-11-20(12-14-24)28-27(30(38)36-23-9-7-6-8-10-23)19(4)35-32-37(28)31(39)26(42-32)16-21-15-22(33)17-25(34)29(21)41-18(2)3/h6-18,28H,5H2,1-4H3,(H,36,38)/b26-16-/t28-/m0/s1. The molecular formula is C32H29BrIN3O4S. The Labute approximate surface area is 269 Å². The normalized spacial score (nSPS) is 14.9. The van der Waals surface area contributed by atoms with Gasteiger partial charge in [-0.25, -0.2) is 4.99 Å². The van der Waals surface area contributed by atoms with E-state index in [1.165, 1.54) is 11.3 Å². The largest absolute Gasteiger partial charge is 0.494 e. The van der Waals surface area contributed by atoms with Crippen LogP contribution in [0.4, 0.5) is 5.69 Å². The van der Waals surface area contributed by atoms with Gasteiger partial charge in [0.2, 0.25) is 0 Å². The molecule has 1 aliphatic rings. The van der Waals surface area contributed by atoms with Gasteiger partial charge in [0.25, 0.3) is 11.5 Å². The molecule has 0 spiro atoms. The average Bonchev–Trinajstić information content (AvgIpc) is 3.25. The van der Waals surface area contributed by atoms with Crippen molar-refractivity contribution in [1.29, 1.82) is 0 Å². The molecule has 0 fully saturated rings. The SMILES string of the molecule is CCOc1ccc([C@H]2C(C(=O)Nc3ccccc3)=C(C)N=c3s/c(=C\c4cc(Br)cc(I)c4OC(C)C)c(=O)n32)cc1. The minimum atomic E-state index is -0.684. The summed E-state index contributed by atoms with van der Waals surface area (Å²) < 4.78 is 15.7. The van der Waals surface area contributed by atoms with Gasteiger partial charge in [-0.05, 0) is 98.3 Å². The van der Waals surface area contributed by atoms with E-state index in [0.29, 0.717) is 44.4 Å². The number of anilines is 1. The molecule has 0 aliphatic carbocycles. The first-order valence-corrected chi connectivity index (χ1v) is 16.1. The number of benzene rings is 3. The van der Waals surface area contributed by atoms with Gasteiger partial charge in [0, 0.05) is 15.7 Å². The number of nitrogens with zero attached hydrogens (tertiary/aromatic N) is 2. The van der Waals surface area contributed by atoms with Crippen LogP contribution in [0.3, 0.4) is 0 Å². The summed E-state index contributed by atoms with van der Waals surface area (Å²) in [6.45, 7) is 8.21. The molecule has 0 radical (unpaired) electrons. The van der Waals surface area contributed by atoms with E-state index < -0.39 is 6.04 Å². The van der Waals surface area contributed by atoms with Gasteiger partial charge in [-0.1, -0.05) is 57.6 Å². The second-order valence-corrected chi connectivity index (χ2v) is 13.0. The Morgan fingerprint density at radius 1 is 1.17 bits per heavy atom. The van der Waals surface area contributed by atoms with Crippen molar-refractivity contribution in [3.8, 4) is 11.5 Å². The van der Waals surface area contributed by atoms with Gasteiger partial charge in [-0.3, -0.25) is 14.2 Å². The number of carbonyl (C=O) groups excluding carboxylic acids is 1. The molecule has 1 aromatic heterocycles. The molecule has 5 rings (SSSR count). The van der Waals surface area contributed by atoms with Crippen molar-refractivity contribution in [2.24, 2.45) is 4.99 Å². The number of para-hydroxylation sites is 1. The highest BCUT2D eigenvalue weighted by Gasteiger charge is 2.32. The van der Waals surface area contributed by atoms with Gasteiger partial charge in [-0.2, -0.15) is 0 Å². The number of aromatic nitrogens is 1. The molecule has 0 saturated heterocycles. The second kappa shape index (κ2) is 13.0. The third-order valence-electron chi connectivity index (χ3n) is 6.48. The summed E-state index contributed by atoms with van der Waals surface area (Å²) in [7, 11) is 0. The highest BCUT2D eigenvalue weighted by molar-refractivity contribution is 14.1. The number of hydrogen-bond donors (Lipinski definition) is 1. The van der Waals surface area contributed by atoms with E-state index in [9.17, 15) is 9.59 Å². The Hall–Kier alpha value is -3.22. The Balaban J connectivity index is 1.68. The average molecular weight is 758 g/mol. The molecule has 1 amide bonds. The fourth-order valence-electron chi connectivity index (χ4n) is 4.75. The zero-order valence-corrected chi connectivity index (χ0v) is 28.0. The number of carbonyl (C=O) groups is 1. The van der Waals surface area contributed by atoms with Crippen molar-refractivity contribution >= 4 is 67.5 Å². The lowest BCUT2D eigenvalue weighted by Crippen LogP contribution is -2.40. The highest BCUT2D eigenvalue weighted by Crippen LogP contribution is 2.33. The molecule has 42 heavy (non-hydrogen) atoms. The summed E-state index contributed by atoms with van der Waals surface area (Å²) >= 11 is 7.11. The number of ether oxygens (including phenoxy) is 2. The predicted molar refractivity (Wildman–Crippen MR) is 179 cm³/mol. The summed E-state index contributed by atoms with van der Waals surface area (Å²) in [6, 6.07) is 20.0. The fourth-order valence-corrected chi connectivity index (χ4v) is 7.46. The topological polar surface area (TPSA) is 81.9 Å². The number of nitrogens with one attached hydrogen (secondary N) is 1. The van der Waals surface area contributed by atoms with Crippen LogP contribution in [-0.2, 0) is 4.79 Å². The minimum Gasteiger partial charge on any atom is -0.494 e. The van der Waals surface area contributed by atoms with Crippen LogP contribution in [0.15, 0.2) is 92.3 Å². The molecule has 1 N–H and O–H groups in total. The first kappa shape index (κ1) is 30.2. The molecule has 10 heteroatoms. The summed E-state index contributed by atoms with van der Waals surface area (Å²) in [5.41, 5.74) is 2.94. The fraction of sp³-hybridized carbons (Fsp3) is 0.219. The molecule has 2 heterocycles. The molecule has 0 unspecified atom stereocenters. The molecule has 1 aliphatic heterocycles. The summed E-state index contributed by atoms with van der Waals surface area (Å²) in [4.78, 5) is 33.2. The zero-order chi connectivity index (χ0) is 30.0. The van der Waals surface area contributed by atoms with Crippen LogP contribution < -0.4 is 29.7 Å². The van der Waals surface area contributed by atoms with Crippen molar-refractivity contribution in [1.82, 2.24) is 4.57 Å². The van der Waals surface area contributed by atoms with Crippen LogP contribution in [0.1, 0.15) is 44.9 Å². The molecular weight excluding hydrogens is 729 g/mol. The lowest BCUT2D eigenvalue weighted by molar-refractivity contribution is -0.113. The van der Waals surface area contributed by atoms with Crippen molar-refractivity contribution < 1.29 is 14.3 Å². The highest BCUT2D eigenvalue weighted by atomic mass is 127. The number of hydrogen-bond acceptors (Lipinski definition) is 6. The van der Waals surface area contributed by atoms with Gasteiger partial charge in [0.1, 0.15) is 11.5 Å². The van der Waals surface area contributed by atoms with Crippen LogP contribution in [0.5, 0.6) is 11.5 Å². The first-order valence-electron chi connectivity index (χ1n) is 13.4. The van der Waals surface area contributed by atoms with Crippen molar-refractivity contribution in [2.45, 2.75) is 39.8 Å². The Morgan fingerprint density at radius 2 is 1.88 bits per heavy atom. The van der Waals surface area contributed by atoms with Gasteiger partial charge >= 0.3 is 0 Å². The first-order chi connectivity index (χ1) is 20.2. The van der Waals surface area contributed by atoms with Crippen LogP contribution in [0.25, 0.3) is 6.08 Å². The van der Waals surface area contributed by atoms with Crippen LogP contribution in [0, 0.1) is 3.57 Å². The Bertz CT molecular complexity index is 1850. The quantitative estimate of drug-likeness (QED) is 0.210. The molecule has 216 valence electrons. The third-order valence-corrected chi connectivity index (χ3v) is 8.72. The summed E-state index contributed by atoms with van der Waals surface area (Å²) in [6.07, 6.45) is 1.80. The van der Waals surface area contributed by atoms with E-state index in [0.717, 1.165) is 19.2 Å². The minimum absolute atomic E-state index is 0.0407. The van der Waals surface area contributed by atoms with E-state index >= 15 is 0 Å². The molecule has 0 bridgehead atoms. The second-order valence-electron chi connectivity index (χ2n) is 9.88. The number of halogens is 2. The van der Waals surface area contributed by atoms with Gasteiger partial charge < -0.3 is 14.8 Å². The van der Waals surface area contributed by atoms with E-state index in [1.807, 2.05) is 101 Å². The number of fused-ring (bicyclic) bond motifs is 1. The van der Waals surface area contributed by atoms with E-state index in [1.54, 1.807) is 4.57 Å². The molecule has 4 aromatic rings. The van der Waals surface area contributed by atoms with Gasteiger partial charge in [0.05, 0.1) is 38.1 Å². The monoisotopic (exact) mass is 757 g/mol. The van der Waals surface area contributed by atoms with Crippen molar-refractivity contribution in [2.75, 3.05) is 11.9 Å². The molecule has 7 nitrogen and oxygen atoms in total. The maximum Gasteiger partial charge on any atom is 0.271 e. The molecule has 1 atom stereocenters. The number of allylic oxidation sites excluding steroid dienone is 1. The zero-order valence-electron chi connectivity index (χ0n) is 23.5. The summed E-state index contributed by atoms with van der Waals surface area (Å²) in [5, 5.41) is 2.98. The third kappa shape index (κ3) is 6.40. The lowest BCUT2D eigenvalue weighted by Gasteiger charge is -2.25. The predicted octanol–water partition coefficient (Wildman–Crippen LogP) is 6.43. The summed E-state index contributed by atoms with van der Waals surface area (Å²) in [5.74, 6) is 1.11. The van der Waals surface area contributed by atoms with Gasteiger partial charge in [0.15, 0.2) is 4.80 Å². The van der Waals surface area contributed by atoms with E-state index in [-0.39, 0.29) is 17.6 Å². The van der Waals surface area contributed by atoms with E-state index in [4.69, 9.17) is 14.5 Å². The number of rotatable bonds is 8. The maximum atomic E-state index is 14.2. The van der Waals surface area contributed by atoms with Crippen LogP contribution >= 0.6 is 49.9 Å². The van der Waals surface area contributed by atoms with E-state index in [2.05, 4.69) is 43.8 Å². The van der Waals surface area contributed by atoms with Crippen LogP contribution in [0.2, 0.25) is 0 Å². The Kier molecular flexibility index (Phi) is 9.34. The maximum absolute atomic E-state index is 14.2. The molecule has 0 saturated carbocycles. The smallest absolute Gasteiger partial charge is 0.271 e. The number of thiazole rings is 1.